The lowest BCUT2D eigenvalue weighted by atomic mass is 10.1. The minimum absolute atomic E-state index is 0.131. The van der Waals surface area contributed by atoms with Crippen molar-refractivity contribution in [2.75, 3.05) is 0 Å². The van der Waals surface area contributed by atoms with Gasteiger partial charge in [-0.25, -0.2) is 0 Å². The molecule has 0 bridgehead atoms. The number of hydrogen-bond acceptors (Lipinski definition) is 5. The van der Waals surface area contributed by atoms with Crippen LogP contribution in [-0.2, 0) is 13.0 Å². The topological polar surface area (TPSA) is 69.6 Å². The Kier molecular flexibility index (Phi) is 3.76. The molecule has 1 unspecified atom stereocenters. The van der Waals surface area contributed by atoms with Crippen molar-refractivity contribution in [3.63, 3.8) is 0 Å². The molecular formula is C10H14ClN5S. The molecule has 0 radical (unpaired) electrons. The molecule has 2 aromatic heterocycles. The summed E-state index contributed by atoms with van der Waals surface area (Å²) in [6, 6.07) is -0.131. The normalized spacial score (nSPS) is 12.9. The van der Waals surface area contributed by atoms with Gasteiger partial charge in [-0.15, -0.1) is 5.10 Å². The van der Waals surface area contributed by atoms with Crippen LogP contribution in [0.25, 0.3) is 0 Å². The lowest BCUT2D eigenvalue weighted by Gasteiger charge is -2.10. The molecule has 5 nitrogen and oxygen atoms in total. The highest BCUT2D eigenvalue weighted by molar-refractivity contribution is 7.05. The van der Waals surface area contributed by atoms with Crippen LogP contribution in [0.2, 0.25) is 5.02 Å². The van der Waals surface area contributed by atoms with Crippen LogP contribution in [0.1, 0.15) is 29.2 Å². The molecule has 2 heterocycles. The monoisotopic (exact) mass is 271 g/mol. The predicted octanol–water partition coefficient (Wildman–Crippen LogP) is 1.96. The van der Waals surface area contributed by atoms with Crippen molar-refractivity contribution in [1.29, 1.82) is 0 Å². The highest BCUT2D eigenvalue weighted by Crippen LogP contribution is 2.25. The van der Waals surface area contributed by atoms with Gasteiger partial charge in [0.15, 0.2) is 0 Å². The van der Waals surface area contributed by atoms with Crippen LogP contribution >= 0.6 is 23.1 Å². The van der Waals surface area contributed by atoms with Crippen LogP contribution in [-0.4, -0.2) is 19.4 Å². The smallest absolute Gasteiger partial charge is 0.0847 e. The number of nitrogens with zero attached hydrogens (tertiary/aromatic N) is 4. The molecule has 0 fully saturated rings. The second-order valence-corrected chi connectivity index (χ2v) is 4.99. The highest BCUT2D eigenvalue weighted by Gasteiger charge is 2.17. The zero-order chi connectivity index (χ0) is 12.4. The van der Waals surface area contributed by atoms with Gasteiger partial charge in [0.05, 0.1) is 27.5 Å². The molecule has 0 aliphatic rings. The predicted molar refractivity (Wildman–Crippen MR) is 68.2 cm³/mol. The summed E-state index contributed by atoms with van der Waals surface area (Å²) in [5, 5.41) is 8.86. The second kappa shape index (κ2) is 5.12. The van der Waals surface area contributed by atoms with E-state index in [1.807, 2.05) is 18.5 Å². The van der Waals surface area contributed by atoms with E-state index >= 15 is 0 Å². The third-order valence-electron chi connectivity index (χ3n) is 2.61. The van der Waals surface area contributed by atoms with Gasteiger partial charge in [0.2, 0.25) is 0 Å². The molecule has 17 heavy (non-hydrogen) atoms. The van der Waals surface area contributed by atoms with Gasteiger partial charge >= 0.3 is 0 Å². The average Bonchev–Trinajstić information content (AvgIpc) is 2.92. The first kappa shape index (κ1) is 12.5. The lowest BCUT2D eigenvalue weighted by Crippen LogP contribution is -2.15. The third kappa shape index (κ3) is 2.48. The zero-order valence-electron chi connectivity index (χ0n) is 9.72. The molecule has 0 aliphatic heterocycles. The molecule has 92 valence electrons. The Morgan fingerprint density at radius 1 is 1.59 bits per heavy atom. The first-order chi connectivity index (χ1) is 8.13. The molecule has 0 aliphatic carbocycles. The van der Waals surface area contributed by atoms with E-state index in [9.17, 15) is 0 Å². The SMILES string of the molecule is CCn1nc(C)c(Cl)c1CC(N)c1cnns1. The lowest BCUT2D eigenvalue weighted by molar-refractivity contribution is 0.590. The summed E-state index contributed by atoms with van der Waals surface area (Å²) >= 11 is 7.55. The standard InChI is InChI=1S/C10H14ClN5S/c1-3-16-8(10(11)6(2)14-16)4-7(12)9-5-13-15-17-9/h5,7H,3-4,12H2,1-2H3. The van der Waals surface area contributed by atoms with Crippen molar-refractivity contribution >= 4 is 23.1 Å². The summed E-state index contributed by atoms with van der Waals surface area (Å²) in [4.78, 5) is 0.961. The molecule has 0 aromatic carbocycles. The van der Waals surface area contributed by atoms with E-state index in [-0.39, 0.29) is 6.04 Å². The number of nitrogens with two attached hydrogens (primary N) is 1. The summed E-state index contributed by atoms with van der Waals surface area (Å²) in [7, 11) is 0. The van der Waals surface area contributed by atoms with Gasteiger partial charge in [0, 0.05) is 19.0 Å². The van der Waals surface area contributed by atoms with Gasteiger partial charge in [-0.2, -0.15) is 5.10 Å². The quantitative estimate of drug-likeness (QED) is 0.923. The molecule has 2 aromatic rings. The van der Waals surface area contributed by atoms with Crippen LogP contribution in [0.5, 0.6) is 0 Å². The molecular weight excluding hydrogens is 258 g/mol. The van der Waals surface area contributed by atoms with Gasteiger partial charge in [-0.3, -0.25) is 4.68 Å². The fourth-order valence-electron chi connectivity index (χ4n) is 1.71. The number of halogens is 1. The minimum Gasteiger partial charge on any atom is -0.323 e. The van der Waals surface area contributed by atoms with Crippen molar-refractivity contribution in [3.05, 3.63) is 27.5 Å². The van der Waals surface area contributed by atoms with Crippen LogP contribution in [0, 0.1) is 6.92 Å². The molecule has 0 spiro atoms. The van der Waals surface area contributed by atoms with Crippen LogP contribution in [0.4, 0.5) is 0 Å². The van der Waals surface area contributed by atoms with Gasteiger partial charge in [-0.1, -0.05) is 16.1 Å². The van der Waals surface area contributed by atoms with E-state index in [0.29, 0.717) is 11.4 Å². The average molecular weight is 272 g/mol. The number of aromatic nitrogens is 4. The molecule has 2 N–H and O–H groups in total. The Hall–Kier alpha value is -0.980. The Balaban J connectivity index is 2.24. The van der Waals surface area contributed by atoms with Gasteiger partial charge in [0.1, 0.15) is 0 Å². The zero-order valence-corrected chi connectivity index (χ0v) is 11.3. The Morgan fingerprint density at radius 2 is 2.35 bits per heavy atom. The van der Waals surface area contributed by atoms with Gasteiger partial charge < -0.3 is 5.73 Å². The minimum atomic E-state index is -0.131. The maximum absolute atomic E-state index is 6.23. The Bertz CT molecular complexity index is 493. The van der Waals surface area contributed by atoms with Crippen molar-refractivity contribution in [1.82, 2.24) is 19.4 Å². The maximum Gasteiger partial charge on any atom is 0.0847 e. The van der Waals surface area contributed by atoms with E-state index in [1.54, 1.807) is 6.20 Å². The van der Waals surface area contributed by atoms with E-state index in [0.717, 1.165) is 22.8 Å². The summed E-state index contributed by atoms with van der Waals surface area (Å²) in [6.45, 7) is 4.72. The van der Waals surface area contributed by atoms with Crippen LogP contribution in [0.15, 0.2) is 6.20 Å². The second-order valence-electron chi connectivity index (χ2n) is 3.79. The van der Waals surface area contributed by atoms with Gasteiger partial charge in [0.25, 0.3) is 0 Å². The Morgan fingerprint density at radius 3 is 2.94 bits per heavy atom. The third-order valence-corrected chi connectivity index (χ3v) is 3.90. The molecule has 0 saturated carbocycles. The van der Waals surface area contributed by atoms with Crippen LogP contribution < -0.4 is 5.73 Å². The van der Waals surface area contributed by atoms with Crippen LogP contribution in [0.3, 0.4) is 0 Å². The fraction of sp³-hybridized carbons (Fsp3) is 0.500. The first-order valence-electron chi connectivity index (χ1n) is 5.38. The molecule has 7 heteroatoms. The molecule has 2 rings (SSSR count). The molecule has 0 saturated heterocycles. The summed E-state index contributed by atoms with van der Waals surface area (Å²) in [5.74, 6) is 0. The van der Waals surface area contributed by atoms with Crippen molar-refractivity contribution in [2.24, 2.45) is 5.73 Å². The number of hydrogen-bond donors (Lipinski definition) is 1. The summed E-state index contributed by atoms with van der Waals surface area (Å²) in [6.07, 6.45) is 2.35. The van der Waals surface area contributed by atoms with Gasteiger partial charge in [-0.05, 0) is 25.4 Å². The van der Waals surface area contributed by atoms with E-state index in [1.165, 1.54) is 11.5 Å². The molecule has 1 atom stereocenters. The molecule has 0 amide bonds. The fourth-order valence-corrected chi connectivity index (χ4v) is 2.43. The number of rotatable bonds is 4. The first-order valence-corrected chi connectivity index (χ1v) is 6.53. The van der Waals surface area contributed by atoms with Crippen molar-refractivity contribution in [3.8, 4) is 0 Å². The van der Waals surface area contributed by atoms with E-state index < -0.39 is 0 Å². The number of aryl methyl sites for hydroxylation is 2. The Labute approximate surface area is 109 Å². The maximum atomic E-state index is 6.23. The summed E-state index contributed by atoms with van der Waals surface area (Å²) < 4.78 is 5.71. The largest absolute Gasteiger partial charge is 0.323 e. The van der Waals surface area contributed by atoms with E-state index in [4.69, 9.17) is 17.3 Å². The van der Waals surface area contributed by atoms with Crippen molar-refractivity contribution in [2.45, 2.75) is 32.9 Å². The van der Waals surface area contributed by atoms with E-state index in [2.05, 4.69) is 14.7 Å². The highest BCUT2D eigenvalue weighted by atomic mass is 35.5. The summed E-state index contributed by atoms with van der Waals surface area (Å²) in [5.41, 5.74) is 7.93. The van der Waals surface area contributed by atoms with Crippen molar-refractivity contribution < 1.29 is 0 Å².